The summed E-state index contributed by atoms with van der Waals surface area (Å²) >= 11 is 22.7. The molecule has 0 fully saturated rings. The summed E-state index contributed by atoms with van der Waals surface area (Å²) in [4.78, 5) is 3.48. The predicted octanol–water partition coefficient (Wildman–Crippen LogP) is 6.84. The summed E-state index contributed by atoms with van der Waals surface area (Å²) in [6, 6.07) is 9.39. The van der Waals surface area contributed by atoms with Crippen LogP contribution in [0.3, 0.4) is 0 Å². The predicted molar refractivity (Wildman–Crippen MR) is 108 cm³/mol. The highest BCUT2D eigenvalue weighted by molar-refractivity contribution is 9.10. The Bertz CT molecular complexity index is 869. The van der Waals surface area contributed by atoms with Gasteiger partial charge in [0.2, 0.25) is 0 Å². The van der Waals surface area contributed by atoms with Gasteiger partial charge in [-0.1, -0.05) is 40.9 Å². The van der Waals surface area contributed by atoms with Crippen LogP contribution in [0.25, 0.3) is 22.2 Å². The largest absolute Gasteiger partial charge is 0.353 e. The molecule has 1 aromatic heterocycles. The molecule has 6 heteroatoms. The Kier molecular flexibility index (Phi) is 5.78. The van der Waals surface area contributed by atoms with Crippen molar-refractivity contribution >= 4 is 61.6 Å². The van der Waals surface area contributed by atoms with Crippen molar-refractivity contribution < 1.29 is 0 Å². The lowest BCUT2D eigenvalue weighted by Gasteiger charge is -2.09. The van der Waals surface area contributed by atoms with Crippen molar-refractivity contribution in [3.63, 3.8) is 0 Å². The Morgan fingerprint density at radius 1 is 1.04 bits per heavy atom. The van der Waals surface area contributed by atoms with E-state index in [9.17, 15) is 0 Å². The van der Waals surface area contributed by atoms with Crippen molar-refractivity contribution in [2.45, 2.75) is 19.3 Å². The van der Waals surface area contributed by atoms with Gasteiger partial charge in [0.15, 0.2) is 0 Å². The zero-order valence-electron chi connectivity index (χ0n) is 12.8. The fourth-order valence-corrected chi connectivity index (χ4v) is 4.43. The lowest BCUT2D eigenvalue weighted by atomic mass is 10.00. The van der Waals surface area contributed by atoms with Gasteiger partial charge < -0.3 is 10.7 Å². The first-order valence-electron chi connectivity index (χ1n) is 7.67. The Morgan fingerprint density at radius 2 is 1.75 bits per heavy atom. The van der Waals surface area contributed by atoms with Gasteiger partial charge in [-0.3, -0.25) is 0 Å². The number of aryl methyl sites for hydroxylation is 1. The molecule has 24 heavy (non-hydrogen) atoms. The molecule has 2 aromatic carbocycles. The molecule has 0 atom stereocenters. The minimum atomic E-state index is 0.622. The van der Waals surface area contributed by atoms with Gasteiger partial charge in [-0.25, -0.2) is 0 Å². The molecule has 1 heterocycles. The smallest absolute Gasteiger partial charge is 0.0607 e. The van der Waals surface area contributed by atoms with Gasteiger partial charge in [-0.2, -0.15) is 0 Å². The minimum absolute atomic E-state index is 0.622. The van der Waals surface area contributed by atoms with Gasteiger partial charge >= 0.3 is 0 Å². The molecule has 0 bridgehead atoms. The van der Waals surface area contributed by atoms with Gasteiger partial charge in [0, 0.05) is 20.4 Å². The highest BCUT2D eigenvalue weighted by Crippen LogP contribution is 2.41. The van der Waals surface area contributed by atoms with E-state index in [1.54, 1.807) is 0 Å². The summed E-state index contributed by atoms with van der Waals surface area (Å²) in [6.07, 6.45) is 2.83. The SMILES string of the molecule is NCCCCc1c(-c2c(Cl)cccc2Cl)[nH]c2c(Br)cc(Cl)cc12. The minimum Gasteiger partial charge on any atom is -0.353 e. The van der Waals surface area contributed by atoms with Gasteiger partial charge in [0.05, 0.1) is 21.3 Å². The molecular weight excluding hydrogens is 430 g/mol. The van der Waals surface area contributed by atoms with Crippen molar-refractivity contribution in [3.05, 3.63) is 55.4 Å². The number of benzene rings is 2. The van der Waals surface area contributed by atoms with Crippen LogP contribution in [0.5, 0.6) is 0 Å². The normalized spacial score (nSPS) is 11.4. The number of rotatable bonds is 5. The third-order valence-corrected chi connectivity index (χ3v) is 5.50. The van der Waals surface area contributed by atoms with Crippen LogP contribution in [0, 0.1) is 0 Å². The lowest BCUT2D eigenvalue weighted by Crippen LogP contribution is -1.99. The average Bonchev–Trinajstić information content (AvgIpc) is 2.86. The monoisotopic (exact) mass is 444 g/mol. The maximum atomic E-state index is 6.43. The molecule has 0 aliphatic rings. The quantitative estimate of drug-likeness (QED) is 0.414. The summed E-state index contributed by atoms with van der Waals surface area (Å²) in [5, 5.41) is 3.01. The number of nitrogens with one attached hydrogen (secondary N) is 1. The van der Waals surface area contributed by atoms with E-state index in [0.717, 1.165) is 51.5 Å². The number of aromatic amines is 1. The molecule has 0 aliphatic carbocycles. The zero-order valence-corrected chi connectivity index (χ0v) is 16.7. The van der Waals surface area contributed by atoms with E-state index in [1.807, 2.05) is 30.3 Å². The number of halogens is 4. The first-order chi connectivity index (χ1) is 11.5. The maximum Gasteiger partial charge on any atom is 0.0607 e. The van der Waals surface area contributed by atoms with Crippen LogP contribution in [-0.4, -0.2) is 11.5 Å². The summed E-state index contributed by atoms with van der Waals surface area (Å²) in [6.45, 7) is 0.676. The summed E-state index contributed by atoms with van der Waals surface area (Å²) < 4.78 is 0.916. The van der Waals surface area contributed by atoms with Crippen LogP contribution < -0.4 is 5.73 Å². The van der Waals surface area contributed by atoms with E-state index in [0.29, 0.717) is 21.6 Å². The Morgan fingerprint density at radius 3 is 2.42 bits per heavy atom. The third kappa shape index (κ3) is 3.47. The van der Waals surface area contributed by atoms with E-state index in [2.05, 4.69) is 20.9 Å². The maximum absolute atomic E-state index is 6.43. The molecule has 2 nitrogen and oxygen atoms in total. The van der Waals surface area contributed by atoms with E-state index in [1.165, 1.54) is 0 Å². The fourth-order valence-electron chi connectivity index (χ4n) is 2.93. The van der Waals surface area contributed by atoms with Crippen LogP contribution in [0.1, 0.15) is 18.4 Å². The van der Waals surface area contributed by atoms with Crippen molar-refractivity contribution in [2.24, 2.45) is 5.73 Å². The number of H-pyrrole nitrogens is 1. The van der Waals surface area contributed by atoms with E-state index in [4.69, 9.17) is 40.5 Å². The van der Waals surface area contributed by atoms with Crippen LogP contribution >= 0.6 is 50.7 Å². The first kappa shape index (κ1) is 18.1. The molecule has 0 saturated heterocycles. The number of hydrogen-bond acceptors (Lipinski definition) is 1. The molecule has 0 spiro atoms. The fraction of sp³-hybridized carbons (Fsp3) is 0.222. The molecule has 3 rings (SSSR count). The van der Waals surface area contributed by atoms with Crippen molar-refractivity contribution in [1.29, 1.82) is 0 Å². The van der Waals surface area contributed by atoms with E-state index < -0.39 is 0 Å². The number of hydrogen-bond donors (Lipinski definition) is 2. The standard InChI is InChI=1S/C18H16BrCl3N2/c19-13-9-10(20)8-12-11(4-1-2-7-23)18(24-17(12)13)16-14(21)5-3-6-15(16)22/h3,5-6,8-9,24H,1-2,4,7,23H2. The summed E-state index contributed by atoms with van der Waals surface area (Å²) in [5.74, 6) is 0. The second-order valence-corrected chi connectivity index (χ2v) is 7.74. The van der Waals surface area contributed by atoms with Crippen molar-refractivity contribution in [3.8, 4) is 11.3 Å². The van der Waals surface area contributed by atoms with Gasteiger partial charge in [-0.05, 0) is 71.6 Å². The van der Waals surface area contributed by atoms with Crippen LogP contribution in [0.4, 0.5) is 0 Å². The van der Waals surface area contributed by atoms with Gasteiger partial charge in [-0.15, -0.1) is 0 Å². The van der Waals surface area contributed by atoms with Gasteiger partial charge in [0.25, 0.3) is 0 Å². The van der Waals surface area contributed by atoms with Crippen LogP contribution in [-0.2, 0) is 6.42 Å². The number of nitrogens with two attached hydrogens (primary N) is 1. The molecule has 0 aliphatic heterocycles. The third-order valence-electron chi connectivity index (χ3n) is 4.03. The lowest BCUT2D eigenvalue weighted by molar-refractivity contribution is 0.748. The average molecular weight is 447 g/mol. The summed E-state index contributed by atoms with van der Waals surface area (Å²) in [7, 11) is 0. The second-order valence-electron chi connectivity index (χ2n) is 5.63. The molecular formula is C18H16BrCl3N2. The molecule has 3 aromatic rings. The highest BCUT2D eigenvalue weighted by atomic mass is 79.9. The van der Waals surface area contributed by atoms with E-state index >= 15 is 0 Å². The van der Waals surface area contributed by atoms with Crippen LogP contribution in [0.15, 0.2) is 34.8 Å². The Balaban J connectivity index is 2.26. The summed E-state index contributed by atoms with van der Waals surface area (Å²) in [5.41, 5.74) is 9.57. The highest BCUT2D eigenvalue weighted by Gasteiger charge is 2.19. The molecule has 0 radical (unpaired) electrons. The van der Waals surface area contributed by atoms with E-state index in [-0.39, 0.29) is 0 Å². The Hall–Kier alpha value is -0.710. The molecule has 0 saturated carbocycles. The number of unbranched alkanes of at least 4 members (excludes halogenated alkanes) is 1. The van der Waals surface area contributed by atoms with Gasteiger partial charge in [0.1, 0.15) is 0 Å². The topological polar surface area (TPSA) is 41.8 Å². The molecule has 3 N–H and O–H groups in total. The van der Waals surface area contributed by atoms with Crippen LogP contribution in [0.2, 0.25) is 15.1 Å². The number of fused-ring (bicyclic) bond motifs is 1. The molecule has 126 valence electrons. The molecule has 0 unspecified atom stereocenters. The second kappa shape index (κ2) is 7.67. The number of aromatic nitrogens is 1. The van der Waals surface area contributed by atoms with Crippen molar-refractivity contribution in [1.82, 2.24) is 4.98 Å². The molecule has 0 amide bonds. The first-order valence-corrected chi connectivity index (χ1v) is 9.59. The zero-order chi connectivity index (χ0) is 17.3. The Labute approximate surface area is 164 Å². The van der Waals surface area contributed by atoms with Crippen molar-refractivity contribution in [2.75, 3.05) is 6.54 Å².